The molecule has 0 spiro atoms. The number of carbonyl (C=O) groups excluding carboxylic acids is 1. The Morgan fingerprint density at radius 3 is 2.57 bits per heavy atom. The molecule has 3 rings (SSSR count). The third-order valence-corrected chi connectivity index (χ3v) is 7.22. The Morgan fingerprint density at radius 2 is 1.89 bits per heavy atom. The number of nitrogens with zero attached hydrogens (tertiary/aromatic N) is 2. The minimum absolute atomic E-state index is 0.0506. The van der Waals surface area contributed by atoms with E-state index in [0.29, 0.717) is 16.3 Å². The van der Waals surface area contributed by atoms with Crippen LogP contribution in [0.3, 0.4) is 0 Å². The first-order chi connectivity index (χ1) is 13.3. The number of rotatable bonds is 6. The third-order valence-electron chi connectivity index (χ3n) is 3.61. The number of sulfone groups is 1. The number of ether oxygens (including phenoxy) is 1. The average molecular weight is 458 g/mol. The van der Waals surface area contributed by atoms with Crippen LogP contribution in [0.5, 0.6) is 5.75 Å². The maximum atomic E-state index is 12.5. The molecule has 0 radical (unpaired) electrons. The maximum absolute atomic E-state index is 12.5. The summed E-state index contributed by atoms with van der Waals surface area (Å²) in [5.41, 5.74) is 0.722. The molecule has 1 N–H and O–H groups in total. The molecule has 0 saturated carbocycles. The highest BCUT2D eigenvalue weighted by Crippen LogP contribution is 2.28. The first-order valence-corrected chi connectivity index (χ1v) is 11.0. The molecule has 146 valence electrons. The fourth-order valence-corrected chi connectivity index (χ4v) is 5.13. The van der Waals surface area contributed by atoms with Gasteiger partial charge in [-0.2, -0.15) is 0 Å². The number of nitrogens with one attached hydrogen (secondary N) is 1. The van der Waals surface area contributed by atoms with Gasteiger partial charge in [-0.3, -0.25) is 10.1 Å². The zero-order valence-corrected chi connectivity index (χ0v) is 17.5. The summed E-state index contributed by atoms with van der Waals surface area (Å²) in [6, 6.07) is 11.2. The number of benzene rings is 2. The number of hydrogen-bond donors (Lipinski definition) is 1. The number of aromatic nitrogens is 2. The van der Waals surface area contributed by atoms with Gasteiger partial charge in [-0.1, -0.05) is 52.7 Å². The molecule has 11 heteroatoms. The van der Waals surface area contributed by atoms with E-state index in [1.807, 2.05) is 0 Å². The summed E-state index contributed by atoms with van der Waals surface area (Å²) in [5, 5.41) is 10.6. The molecule has 2 aromatic carbocycles. The Kier molecular flexibility index (Phi) is 6.19. The van der Waals surface area contributed by atoms with Crippen LogP contribution < -0.4 is 10.1 Å². The van der Waals surface area contributed by atoms with E-state index in [2.05, 4.69) is 15.5 Å². The van der Waals surface area contributed by atoms with Crippen LogP contribution in [-0.2, 0) is 15.6 Å². The average Bonchev–Trinajstić information content (AvgIpc) is 3.13. The molecule has 1 aromatic heterocycles. The van der Waals surface area contributed by atoms with Gasteiger partial charge in [0.25, 0.3) is 5.91 Å². The highest BCUT2D eigenvalue weighted by Gasteiger charge is 2.23. The van der Waals surface area contributed by atoms with Crippen molar-refractivity contribution in [3.63, 3.8) is 0 Å². The molecular weight excluding hydrogens is 445 g/mol. The molecule has 0 bridgehead atoms. The zero-order valence-electron chi connectivity index (χ0n) is 14.3. The van der Waals surface area contributed by atoms with Crippen molar-refractivity contribution in [1.82, 2.24) is 10.2 Å². The number of halogens is 2. The molecular formula is C17H13Cl2N3O4S2. The SMILES string of the molecule is COc1ccc(C(=O)Nc2nnc(S(=O)(=O)Cc3ccccc3Cl)s2)cc1Cl. The number of carbonyl (C=O) groups is 1. The zero-order chi connectivity index (χ0) is 20.3. The van der Waals surface area contributed by atoms with Crippen molar-refractivity contribution >= 4 is 55.4 Å². The maximum Gasteiger partial charge on any atom is 0.257 e. The van der Waals surface area contributed by atoms with Gasteiger partial charge in [0, 0.05) is 10.6 Å². The summed E-state index contributed by atoms with van der Waals surface area (Å²) in [5.74, 6) is -0.388. The topological polar surface area (TPSA) is 98.2 Å². The summed E-state index contributed by atoms with van der Waals surface area (Å²) < 4.78 is 29.9. The molecule has 1 amide bonds. The Labute approximate surface area is 175 Å². The Morgan fingerprint density at radius 1 is 1.14 bits per heavy atom. The lowest BCUT2D eigenvalue weighted by atomic mass is 10.2. The van der Waals surface area contributed by atoms with Crippen LogP contribution >= 0.6 is 34.5 Å². The first-order valence-electron chi connectivity index (χ1n) is 7.74. The molecule has 7 nitrogen and oxygen atoms in total. The monoisotopic (exact) mass is 457 g/mol. The molecule has 0 unspecified atom stereocenters. The predicted molar refractivity (Wildman–Crippen MR) is 108 cm³/mol. The molecule has 3 aromatic rings. The van der Waals surface area contributed by atoms with E-state index < -0.39 is 15.7 Å². The second-order valence-electron chi connectivity index (χ2n) is 5.53. The Bertz CT molecular complexity index is 1130. The fourth-order valence-electron chi connectivity index (χ4n) is 2.24. The van der Waals surface area contributed by atoms with Crippen molar-refractivity contribution < 1.29 is 17.9 Å². The number of hydrogen-bond acceptors (Lipinski definition) is 7. The van der Waals surface area contributed by atoms with Gasteiger partial charge in [-0.15, -0.1) is 10.2 Å². The third kappa shape index (κ3) is 4.61. The molecule has 0 atom stereocenters. The standard InChI is InChI=1S/C17H13Cl2N3O4S2/c1-26-14-7-6-10(8-13(14)19)15(23)20-16-21-22-17(27-16)28(24,25)9-11-4-2-3-5-12(11)18/h2-8H,9H2,1H3,(H,20,21,23). The lowest BCUT2D eigenvalue weighted by Gasteiger charge is -2.05. The summed E-state index contributed by atoms with van der Waals surface area (Å²) in [4.78, 5) is 12.3. The molecule has 0 saturated heterocycles. The number of methoxy groups -OCH3 is 1. The van der Waals surface area contributed by atoms with Crippen LogP contribution in [0, 0.1) is 0 Å². The van der Waals surface area contributed by atoms with Gasteiger partial charge in [-0.05, 0) is 29.8 Å². The molecule has 1 heterocycles. The quantitative estimate of drug-likeness (QED) is 0.559. The van der Waals surface area contributed by atoms with E-state index in [4.69, 9.17) is 27.9 Å². The van der Waals surface area contributed by atoms with Crippen molar-refractivity contribution in [3.8, 4) is 5.75 Å². The normalized spacial score (nSPS) is 11.2. The lowest BCUT2D eigenvalue weighted by Crippen LogP contribution is -2.11. The van der Waals surface area contributed by atoms with Gasteiger partial charge >= 0.3 is 0 Å². The minimum atomic E-state index is -3.76. The van der Waals surface area contributed by atoms with Gasteiger partial charge in [-0.25, -0.2) is 8.42 Å². The molecule has 0 aliphatic carbocycles. The van der Waals surface area contributed by atoms with Gasteiger partial charge < -0.3 is 4.74 Å². The summed E-state index contributed by atoms with van der Waals surface area (Å²) in [6.45, 7) is 0. The van der Waals surface area contributed by atoms with Crippen LogP contribution in [0.2, 0.25) is 10.0 Å². The largest absolute Gasteiger partial charge is 0.495 e. The summed E-state index contributed by atoms with van der Waals surface area (Å²) in [7, 11) is -2.29. The predicted octanol–water partition coefficient (Wildman–Crippen LogP) is 4.08. The van der Waals surface area contributed by atoms with Crippen LogP contribution in [0.15, 0.2) is 46.8 Å². The van der Waals surface area contributed by atoms with Crippen molar-refractivity contribution in [3.05, 3.63) is 63.6 Å². The molecule has 28 heavy (non-hydrogen) atoms. The van der Waals surface area contributed by atoms with Crippen LogP contribution in [0.25, 0.3) is 0 Å². The molecule has 0 aliphatic rings. The van der Waals surface area contributed by atoms with Gasteiger partial charge in [0.15, 0.2) is 0 Å². The molecule has 0 fully saturated rings. The van der Waals surface area contributed by atoms with Crippen molar-refractivity contribution in [2.24, 2.45) is 0 Å². The fraction of sp³-hybridized carbons (Fsp3) is 0.118. The van der Waals surface area contributed by atoms with E-state index in [9.17, 15) is 13.2 Å². The van der Waals surface area contributed by atoms with E-state index in [1.54, 1.807) is 30.3 Å². The van der Waals surface area contributed by atoms with Crippen LogP contribution in [0.1, 0.15) is 15.9 Å². The Balaban J connectivity index is 1.75. The van der Waals surface area contributed by atoms with Crippen molar-refractivity contribution in [1.29, 1.82) is 0 Å². The molecule has 0 aliphatic heterocycles. The van der Waals surface area contributed by atoms with Crippen molar-refractivity contribution in [2.75, 3.05) is 12.4 Å². The summed E-state index contributed by atoms with van der Waals surface area (Å²) >= 11 is 12.8. The second kappa shape index (κ2) is 8.44. The summed E-state index contributed by atoms with van der Waals surface area (Å²) in [6.07, 6.45) is 0. The van der Waals surface area contributed by atoms with Crippen LogP contribution in [0.4, 0.5) is 5.13 Å². The van der Waals surface area contributed by atoms with Crippen LogP contribution in [-0.4, -0.2) is 31.6 Å². The van der Waals surface area contributed by atoms with Gasteiger partial charge in [0.2, 0.25) is 19.3 Å². The van der Waals surface area contributed by atoms with E-state index in [1.165, 1.54) is 19.2 Å². The van der Waals surface area contributed by atoms with Crippen molar-refractivity contribution in [2.45, 2.75) is 10.1 Å². The second-order valence-corrected chi connectivity index (χ2v) is 9.48. The highest BCUT2D eigenvalue weighted by molar-refractivity contribution is 7.92. The van der Waals surface area contributed by atoms with E-state index in [0.717, 1.165) is 11.3 Å². The Hall–Kier alpha value is -2.20. The van der Waals surface area contributed by atoms with Gasteiger partial charge in [0.1, 0.15) is 5.75 Å². The minimum Gasteiger partial charge on any atom is -0.495 e. The number of amides is 1. The lowest BCUT2D eigenvalue weighted by molar-refractivity contribution is 0.102. The van der Waals surface area contributed by atoms with Gasteiger partial charge in [0.05, 0.1) is 17.9 Å². The number of anilines is 1. The smallest absolute Gasteiger partial charge is 0.257 e. The van der Waals surface area contributed by atoms with E-state index in [-0.39, 0.29) is 25.8 Å². The first kappa shape index (κ1) is 20.5. The highest BCUT2D eigenvalue weighted by atomic mass is 35.5. The van der Waals surface area contributed by atoms with E-state index >= 15 is 0 Å².